The lowest BCUT2D eigenvalue weighted by molar-refractivity contribution is -0.0000229. The predicted molar refractivity (Wildman–Crippen MR) is 124 cm³/mol. The van der Waals surface area contributed by atoms with Gasteiger partial charge in [-0.1, -0.05) is 66.7 Å². The molecule has 156 valence electrons. The number of carbonyl (C=O) groups is 1. The fourth-order valence-electron chi connectivity index (χ4n) is 3.92. The minimum Gasteiger partial charge on any atom is -1.00 e. The van der Waals surface area contributed by atoms with E-state index >= 15 is 0 Å². The first kappa shape index (κ1) is 22.7. The smallest absolute Gasteiger partial charge is 0.339 e. The van der Waals surface area contributed by atoms with E-state index in [2.05, 4.69) is 36.4 Å². The lowest BCUT2D eigenvalue weighted by Gasteiger charge is -2.28. The summed E-state index contributed by atoms with van der Waals surface area (Å²) in [4.78, 5) is 11.6. The third-order valence-electron chi connectivity index (χ3n) is 5.35. The van der Waals surface area contributed by atoms with Gasteiger partial charge in [-0.25, -0.2) is 4.79 Å². The van der Waals surface area contributed by atoms with Gasteiger partial charge in [0.25, 0.3) is 0 Å². The number of phenols is 1. The predicted octanol–water partition coefficient (Wildman–Crippen LogP) is 1.59. The number of carboxylic acids is 1. The molecule has 5 heteroatoms. The van der Waals surface area contributed by atoms with Crippen molar-refractivity contribution in [3.63, 3.8) is 0 Å². The highest BCUT2D eigenvalue weighted by Crippen LogP contribution is 2.59. The van der Waals surface area contributed by atoms with E-state index in [1.165, 1.54) is 22.0 Å². The summed E-state index contributed by atoms with van der Waals surface area (Å²) in [6, 6.07) is 35.9. The summed E-state index contributed by atoms with van der Waals surface area (Å²) in [5.74, 6) is -1.28. The van der Waals surface area contributed by atoms with E-state index in [0.29, 0.717) is 11.7 Å². The van der Waals surface area contributed by atoms with Crippen molar-refractivity contribution in [2.75, 3.05) is 0 Å². The van der Waals surface area contributed by atoms with Crippen molar-refractivity contribution in [3.05, 3.63) is 120 Å². The maximum Gasteiger partial charge on any atom is 0.339 e. The molecule has 31 heavy (non-hydrogen) atoms. The van der Waals surface area contributed by atoms with Crippen LogP contribution in [0.4, 0.5) is 0 Å². The topological polar surface area (TPSA) is 57.5 Å². The van der Waals surface area contributed by atoms with Gasteiger partial charge in [-0.3, -0.25) is 0 Å². The standard InChI is InChI=1S/C26H21O3P.BrH/c27-25-20(11-10-18-24(25)26(28)29)19-30(21-12-4-1-5-13-21,22-14-6-2-7-15-22)23-16-8-3-9-17-23;/h1-18H,19H2,(H-,27,28,29);1H. The molecule has 0 aliphatic carbocycles. The molecule has 0 saturated carbocycles. The summed E-state index contributed by atoms with van der Waals surface area (Å²) in [5, 5.41) is 23.8. The lowest BCUT2D eigenvalue weighted by atomic mass is 10.1. The van der Waals surface area contributed by atoms with Crippen LogP contribution < -0.4 is 32.9 Å². The normalized spacial score (nSPS) is 10.8. The van der Waals surface area contributed by atoms with Gasteiger partial charge in [-0.05, 0) is 42.5 Å². The second-order valence-corrected chi connectivity index (χ2v) is 10.6. The average Bonchev–Trinajstić information content (AvgIpc) is 2.80. The summed E-state index contributed by atoms with van der Waals surface area (Å²) in [6.45, 7) is 0. The van der Waals surface area contributed by atoms with Gasteiger partial charge in [0.1, 0.15) is 40.7 Å². The molecule has 0 saturated heterocycles. The van der Waals surface area contributed by atoms with Gasteiger partial charge >= 0.3 is 5.97 Å². The number of benzene rings is 4. The first-order valence-corrected chi connectivity index (χ1v) is 11.7. The number of rotatable bonds is 6. The Kier molecular flexibility index (Phi) is 7.27. The van der Waals surface area contributed by atoms with E-state index in [4.69, 9.17) is 0 Å². The zero-order valence-corrected chi connectivity index (χ0v) is 19.2. The Balaban J connectivity index is 0.00000272. The summed E-state index contributed by atoms with van der Waals surface area (Å²) in [5.41, 5.74) is 0.569. The quantitative estimate of drug-likeness (QED) is 0.402. The van der Waals surface area contributed by atoms with E-state index in [1.807, 2.05) is 60.7 Å². The number of hydrogen-bond acceptors (Lipinski definition) is 2. The van der Waals surface area contributed by atoms with Crippen LogP contribution in [0, 0.1) is 0 Å². The van der Waals surface area contributed by atoms with Crippen molar-refractivity contribution >= 4 is 29.1 Å². The Morgan fingerprint density at radius 1 is 0.645 bits per heavy atom. The van der Waals surface area contributed by atoms with Crippen molar-refractivity contribution in [3.8, 4) is 5.75 Å². The van der Waals surface area contributed by atoms with Gasteiger partial charge in [0.15, 0.2) is 0 Å². The van der Waals surface area contributed by atoms with Crippen molar-refractivity contribution in [1.82, 2.24) is 0 Å². The molecule has 0 heterocycles. The second-order valence-electron chi connectivity index (χ2n) is 7.09. The molecule has 0 unspecified atom stereocenters. The lowest BCUT2D eigenvalue weighted by Crippen LogP contribution is -3.00. The molecule has 2 N–H and O–H groups in total. The fourth-order valence-corrected chi connectivity index (χ4v) is 8.17. The molecule has 0 atom stereocenters. The number of para-hydroxylation sites is 1. The van der Waals surface area contributed by atoms with E-state index in [9.17, 15) is 15.0 Å². The molecule has 0 aliphatic rings. The summed E-state index contributed by atoms with van der Waals surface area (Å²) >= 11 is 0. The maximum absolute atomic E-state index is 11.6. The van der Waals surface area contributed by atoms with Crippen LogP contribution in [0.5, 0.6) is 5.75 Å². The van der Waals surface area contributed by atoms with Crippen LogP contribution in [0.1, 0.15) is 15.9 Å². The molecular formula is C26H22BrO3P. The first-order chi connectivity index (χ1) is 14.6. The Morgan fingerprint density at radius 2 is 1.06 bits per heavy atom. The number of aromatic carboxylic acids is 1. The van der Waals surface area contributed by atoms with E-state index < -0.39 is 13.2 Å². The first-order valence-electron chi connectivity index (χ1n) is 9.72. The number of aromatic hydroxyl groups is 1. The van der Waals surface area contributed by atoms with Crippen LogP contribution in [-0.2, 0) is 6.16 Å². The summed E-state index contributed by atoms with van der Waals surface area (Å²) in [7, 11) is -2.21. The molecular weight excluding hydrogens is 471 g/mol. The molecule has 0 aliphatic heterocycles. The minimum atomic E-state index is -2.21. The molecule has 0 bridgehead atoms. The van der Waals surface area contributed by atoms with Gasteiger partial charge in [0, 0.05) is 5.56 Å². The number of hydrogen-bond donors (Lipinski definition) is 2. The van der Waals surface area contributed by atoms with Gasteiger partial charge in [0.05, 0.1) is 0 Å². The third kappa shape index (κ3) is 4.41. The molecule has 0 fully saturated rings. The Labute approximate surface area is 193 Å². The second kappa shape index (κ2) is 9.91. The highest BCUT2D eigenvalue weighted by Gasteiger charge is 2.46. The Bertz CT molecular complexity index is 1050. The average molecular weight is 493 g/mol. The van der Waals surface area contributed by atoms with Gasteiger partial charge in [-0.15, -0.1) is 0 Å². The highest BCUT2D eigenvalue weighted by atomic mass is 79.9. The molecule has 0 radical (unpaired) electrons. The molecule has 0 spiro atoms. The fraction of sp³-hybridized carbons (Fsp3) is 0.0385. The van der Waals surface area contributed by atoms with Gasteiger partial charge in [-0.2, -0.15) is 0 Å². The SMILES string of the molecule is O=C(O)c1cccc(C[P+](c2ccccc2)(c2ccccc2)c2ccccc2)c1O.[Br-]. The Hall–Kier alpha value is -2.94. The third-order valence-corrected chi connectivity index (χ3v) is 9.70. The van der Waals surface area contributed by atoms with Crippen molar-refractivity contribution in [2.24, 2.45) is 0 Å². The van der Waals surface area contributed by atoms with Crippen molar-refractivity contribution in [2.45, 2.75) is 6.16 Å². The summed E-state index contributed by atoms with van der Waals surface area (Å²) < 4.78 is 0. The van der Waals surface area contributed by atoms with E-state index in [1.54, 1.807) is 6.07 Å². The van der Waals surface area contributed by atoms with Crippen LogP contribution in [-0.4, -0.2) is 16.2 Å². The molecule has 0 amide bonds. The zero-order chi connectivity index (χ0) is 21.0. The van der Waals surface area contributed by atoms with Crippen molar-refractivity contribution in [1.29, 1.82) is 0 Å². The van der Waals surface area contributed by atoms with Crippen LogP contribution in [0.25, 0.3) is 0 Å². The van der Waals surface area contributed by atoms with Gasteiger partial charge in [0.2, 0.25) is 0 Å². The van der Waals surface area contributed by atoms with E-state index in [0.717, 1.165) is 0 Å². The van der Waals surface area contributed by atoms with Crippen LogP contribution in [0.15, 0.2) is 109 Å². The highest BCUT2D eigenvalue weighted by molar-refractivity contribution is 7.95. The van der Waals surface area contributed by atoms with Crippen LogP contribution >= 0.6 is 7.26 Å². The minimum absolute atomic E-state index is 0. The molecule has 4 rings (SSSR count). The van der Waals surface area contributed by atoms with Crippen LogP contribution in [0.2, 0.25) is 0 Å². The summed E-state index contributed by atoms with van der Waals surface area (Å²) in [6.07, 6.45) is 0.526. The molecule has 4 aromatic rings. The van der Waals surface area contributed by atoms with Crippen LogP contribution in [0.3, 0.4) is 0 Å². The number of halogens is 1. The number of carboxylic acid groups (broad SMARTS) is 1. The van der Waals surface area contributed by atoms with E-state index in [-0.39, 0.29) is 28.3 Å². The molecule has 4 aromatic carbocycles. The molecule has 3 nitrogen and oxygen atoms in total. The van der Waals surface area contributed by atoms with Crippen molar-refractivity contribution < 1.29 is 32.0 Å². The maximum atomic E-state index is 11.6. The zero-order valence-electron chi connectivity index (χ0n) is 16.7. The monoisotopic (exact) mass is 492 g/mol. The largest absolute Gasteiger partial charge is 1.00 e. The van der Waals surface area contributed by atoms with Gasteiger partial charge < -0.3 is 27.2 Å². The molecule has 0 aromatic heterocycles. The Morgan fingerprint density at radius 3 is 1.45 bits per heavy atom.